The molecule has 82 valence electrons. The molecule has 0 saturated heterocycles. The van der Waals surface area contributed by atoms with Crippen molar-refractivity contribution in [3.05, 3.63) is 35.6 Å². The van der Waals surface area contributed by atoms with Crippen molar-refractivity contribution in [2.75, 3.05) is 12.8 Å². The molecule has 0 aliphatic heterocycles. The van der Waals surface area contributed by atoms with Crippen LogP contribution in [0.2, 0.25) is 5.15 Å². The first-order chi connectivity index (χ1) is 7.72. The minimum atomic E-state index is 0.372. The van der Waals surface area contributed by atoms with Crippen LogP contribution in [0.1, 0.15) is 0 Å². The number of nitrogens with two attached hydrogens (primary N) is 1. The Bertz CT molecular complexity index is 516. The van der Waals surface area contributed by atoms with Crippen LogP contribution in [0.15, 0.2) is 30.5 Å². The Morgan fingerprint density at radius 2 is 2.06 bits per heavy atom. The highest BCUT2D eigenvalue weighted by molar-refractivity contribution is 6.29. The van der Waals surface area contributed by atoms with Crippen LogP contribution in [0.5, 0.6) is 5.75 Å². The smallest absolute Gasteiger partial charge is 0.146 e. The van der Waals surface area contributed by atoms with E-state index in [1.165, 1.54) is 0 Å². The lowest BCUT2D eigenvalue weighted by atomic mass is 10.2. The third-order valence-corrected chi connectivity index (χ3v) is 2.32. The standard InChI is InChI=1S/C11H10ClN3O/c1-16-8-3-2-6-14-11(8)10-7(13)4-5-9(12)15-10/h2-6H,13H2,1H3. The van der Waals surface area contributed by atoms with E-state index in [4.69, 9.17) is 22.1 Å². The van der Waals surface area contributed by atoms with Crippen molar-refractivity contribution in [3.8, 4) is 17.1 Å². The zero-order chi connectivity index (χ0) is 11.5. The fourth-order valence-electron chi connectivity index (χ4n) is 1.37. The second kappa shape index (κ2) is 4.37. The van der Waals surface area contributed by atoms with Crippen molar-refractivity contribution < 1.29 is 4.74 Å². The second-order valence-corrected chi connectivity index (χ2v) is 3.51. The molecule has 0 saturated carbocycles. The number of nitrogen functional groups attached to an aromatic ring is 1. The van der Waals surface area contributed by atoms with Gasteiger partial charge in [-0.25, -0.2) is 4.98 Å². The third kappa shape index (κ3) is 1.92. The molecule has 0 atom stereocenters. The number of methoxy groups -OCH3 is 1. The predicted octanol–water partition coefficient (Wildman–Crippen LogP) is 2.39. The number of rotatable bonds is 2. The van der Waals surface area contributed by atoms with Gasteiger partial charge in [0.25, 0.3) is 0 Å². The zero-order valence-corrected chi connectivity index (χ0v) is 9.40. The molecule has 0 aliphatic carbocycles. The number of anilines is 1. The summed E-state index contributed by atoms with van der Waals surface area (Å²) in [7, 11) is 1.57. The Morgan fingerprint density at radius 1 is 1.25 bits per heavy atom. The molecule has 0 radical (unpaired) electrons. The van der Waals surface area contributed by atoms with Crippen molar-refractivity contribution in [1.29, 1.82) is 0 Å². The van der Waals surface area contributed by atoms with E-state index in [0.29, 0.717) is 28.0 Å². The number of halogens is 1. The molecular formula is C11H10ClN3O. The number of aromatic nitrogens is 2. The van der Waals surface area contributed by atoms with Gasteiger partial charge >= 0.3 is 0 Å². The number of pyridine rings is 2. The van der Waals surface area contributed by atoms with Crippen LogP contribution >= 0.6 is 11.6 Å². The molecule has 2 heterocycles. The maximum atomic E-state index is 5.83. The van der Waals surface area contributed by atoms with E-state index in [1.807, 2.05) is 0 Å². The first-order valence-electron chi connectivity index (χ1n) is 4.64. The molecule has 0 aromatic carbocycles. The van der Waals surface area contributed by atoms with Crippen LogP contribution in [0.3, 0.4) is 0 Å². The molecule has 4 nitrogen and oxygen atoms in total. The number of hydrogen-bond donors (Lipinski definition) is 1. The topological polar surface area (TPSA) is 61.0 Å². The Labute approximate surface area is 98.0 Å². The summed E-state index contributed by atoms with van der Waals surface area (Å²) in [4.78, 5) is 8.35. The van der Waals surface area contributed by atoms with Crippen molar-refractivity contribution in [1.82, 2.24) is 9.97 Å². The first kappa shape index (κ1) is 10.7. The molecule has 0 amide bonds. The molecule has 2 N–H and O–H groups in total. The van der Waals surface area contributed by atoms with E-state index >= 15 is 0 Å². The van der Waals surface area contributed by atoms with Gasteiger partial charge in [-0.05, 0) is 24.3 Å². The average molecular weight is 236 g/mol. The average Bonchev–Trinajstić information content (AvgIpc) is 2.32. The van der Waals surface area contributed by atoms with E-state index in [9.17, 15) is 0 Å². The monoisotopic (exact) mass is 235 g/mol. The molecule has 16 heavy (non-hydrogen) atoms. The molecule has 0 unspecified atom stereocenters. The number of ether oxygens (including phenoxy) is 1. The van der Waals surface area contributed by atoms with Crippen molar-refractivity contribution in [2.45, 2.75) is 0 Å². The fourth-order valence-corrected chi connectivity index (χ4v) is 1.52. The van der Waals surface area contributed by atoms with E-state index in [2.05, 4.69) is 9.97 Å². The molecule has 5 heteroatoms. The molecule has 2 rings (SSSR count). The van der Waals surface area contributed by atoms with Gasteiger partial charge in [0, 0.05) is 6.20 Å². The molecule has 0 spiro atoms. The quantitative estimate of drug-likeness (QED) is 0.812. The number of nitrogens with zero attached hydrogens (tertiary/aromatic N) is 2. The van der Waals surface area contributed by atoms with Gasteiger partial charge in [-0.1, -0.05) is 11.6 Å². The summed E-state index contributed by atoms with van der Waals surface area (Å²) >= 11 is 5.83. The summed E-state index contributed by atoms with van der Waals surface area (Å²) in [6.45, 7) is 0. The van der Waals surface area contributed by atoms with Gasteiger partial charge < -0.3 is 10.5 Å². The minimum Gasteiger partial charge on any atom is -0.494 e. The van der Waals surface area contributed by atoms with Gasteiger partial charge in [0.2, 0.25) is 0 Å². The van der Waals surface area contributed by atoms with Gasteiger partial charge in [-0.2, -0.15) is 0 Å². The lowest BCUT2D eigenvalue weighted by Crippen LogP contribution is -1.97. The highest BCUT2D eigenvalue weighted by atomic mass is 35.5. The molecule has 0 fully saturated rings. The lowest BCUT2D eigenvalue weighted by molar-refractivity contribution is 0.414. The normalized spacial score (nSPS) is 10.1. The number of hydrogen-bond acceptors (Lipinski definition) is 4. The largest absolute Gasteiger partial charge is 0.494 e. The van der Waals surface area contributed by atoms with Crippen LogP contribution in [-0.2, 0) is 0 Å². The third-order valence-electron chi connectivity index (χ3n) is 2.11. The maximum Gasteiger partial charge on any atom is 0.146 e. The van der Waals surface area contributed by atoms with Crippen LogP contribution in [0.4, 0.5) is 5.69 Å². The summed E-state index contributed by atoms with van der Waals surface area (Å²) in [6, 6.07) is 6.90. The zero-order valence-electron chi connectivity index (χ0n) is 8.64. The summed E-state index contributed by atoms with van der Waals surface area (Å²) in [5.74, 6) is 0.615. The summed E-state index contributed by atoms with van der Waals surface area (Å²) in [5.41, 5.74) is 7.46. The van der Waals surface area contributed by atoms with Crippen LogP contribution < -0.4 is 10.5 Å². The minimum absolute atomic E-state index is 0.372. The summed E-state index contributed by atoms with van der Waals surface area (Å²) in [5, 5.41) is 0.372. The van der Waals surface area contributed by atoms with Gasteiger partial charge in [-0.15, -0.1) is 0 Å². The predicted molar refractivity (Wildman–Crippen MR) is 63.4 cm³/mol. The maximum absolute atomic E-state index is 5.83. The highest BCUT2D eigenvalue weighted by Gasteiger charge is 2.11. The lowest BCUT2D eigenvalue weighted by Gasteiger charge is -2.08. The molecule has 2 aromatic heterocycles. The Balaban J connectivity index is 2.62. The van der Waals surface area contributed by atoms with Crippen molar-refractivity contribution >= 4 is 17.3 Å². The van der Waals surface area contributed by atoms with Gasteiger partial charge in [0.1, 0.15) is 22.3 Å². The molecule has 0 aliphatic rings. The van der Waals surface area contributed by atoms with E-state index in [0.717, 1.165) is 0 Å². The SMILES string of the molecule is COc1cccnc1-c1nc(Cl)ccc1N. The van der Waals surface area contributed by atoms with E-state index in [-0.39, 0.29) is 0 Å². The molecular weight excluding hydrogens is 226 g/mol. The Hall–Kier alpha value is -1.81. The van der Waals surface area contributed by atoms with E-state index < -0.39 is 0 Å². The fraction of sp³-hybridized carbons (Fsp3) is 0.0909. The van der Waals surface area contributed by atoms with Gasteiger partial charge in [0.15, 0.2) is 0 Å². The molecule has 0 bridgehead atoms. The first-order valence-corrected chi connectivity index (χ1v) is 5.01. The summed E-state index contributed by atoms with van der Waals surface area (Å²) in [6.07, 6.45) is 1.65. The highest BCUT2D eigenvalue weighted by Crippen LogP contribution is 2.30. The Kier molecular flexibility index (Phi) is 2.92. The van der Waals surface area contributed by atoms with Gasteiger partial charge in [-0.3, -0.25) is 4.98 Å². The summed E-state index contributed by atoms with van der Waals surface area (Å²) < 4.78 is 5.19. The second-order valence-electron chi connectivity index (χ2n) is 3.13. The van der Waals surface area contributed by atoms with Gasteiger partial charge in [0.05, 0.1) is 12.8 Å². The van der Waals surface area contributed by atoms with Crippen LogP contribution in [0, 0.1) is 0 Å². The van der Waals surface area contributed by atoms with Crippen LogP contribution in [-0.4, -0.2) is 17.1 Å². The van der Waals surface area contributed by atoms with Crippen molar-refractivity contribution in [3.63, 3.8) is 0 Å². The van der Waals surface area contributed by atoms with Crippen LogP contribution in [0.25, 0.3) is 11.4 Å². The molecule has 2 aromatic rings. The van der Waals surface area contributed by atoms with Crippen molar-refractivity contribution in [2.24, 2.45) is 0 Å². The van der Waals surface area contributed by atoms with E-state index in [1.54, 1.807) is 37.6 Å². The Morgan fingerprint density at radius 3 is 2.81 bits per heavy atom.